The molecule has 1 aliphatic rings. The summed E-state index contributed by atoms with van der Waals surface area (Å²) < 4.78 is 0. The molecule has 1 aromatic rings. The summed E-state index contributed by atoms with van der Waals surface area (Å²) >= 11 is 0. The number of hydrogen-bond acceptors (Lipinski definition) is 1. The van der Waals surface area contributed by atoms with Crippen LogP contribution in [0.2, 0.25) is 0 Å². The maximum absolute atomic E-state index is 4.32. The fraction of sp³-hybridized carbons (Fsp3) is 0.462. The Kier molecular flexibility index (Phi) is 2.18. The normalized spacial score (nSPS) is 15.4. The van der Waals surface area contributed by atoms with Crippen LogP contribution in [0, 0.1) is 0 Å². The van der Waals surface area contributed by atoms with Crippen LogP contribution in [0.1, 0.15) is 37.5 Å². The molecular formula is C13H17N. The average Bonchev–Trinajstić information content (AvgIpc) is 2.15. The van der Waals surface area contributed by atoms with E-state index in [9.17, 15) is 0 Å². The van der Waals surface area contributed by atoms with E-state index in [4.69, 9.17) is 0 Å². The van der Waals surface area contributed by atoms with Gasteiger partial charge in [0.15, 0.2) is 0 Å². The summed E-state index contributed by atoms with van der Waals surface area (Å²) in [4.78, 5) is 4.32. The van der Waals surface area contributed by atoms with Crippen molar-refractivity contribution in [1.29, 1.82) is 0 Å². The van der Waals surface area contributed by atoms with Crippen LogP contribution < -0.4 is 0 Å². The maximum atomic E-state index is 4.32. The molecule has 1 heteroatoms. The van der Waals surface area contributed by atoms with E-state index in [1.807, 2.05) is 6.21 Å². The second-order valence-corrected chi connectivity index (χ2v) is 4.91. The molecule has 1 aliphatic heterocycles. The molecule has 0 radical (unpaired) electrons. The quantitative estimate of drug-likeness (QED) is 0.592. The highest BCUT2D eigenvalue weighted by molar-refractivity contribution is 5.83. The van der Waals surface area contributed by atoms with E-state index >= 15 is 0 Å². The molecule has 0 aliphatic carbocycles. The zero-order valence-electron chi connectivity index (χ0n) is 9.17. The first-order chi connectivity index (χ1) is 6.59. The summed E-state index contributed by atoms with van der Waals surface area (Å²) in [6.45, 7) is 7.76. The highest BCUT2D eigenvalue weighted by Crippen LogP contribution is 2.28. The third kappa shape index (κ3) is 1.59. The minimum Gasteiger partial charge on any atom is -0.292 e. The molecule has 0 amide bonds. The summed E-state index contributed by atoms with van der Waals surface area (Å²) in [5, 5.41) is 0. The van der Waals surface area contributed by atoms with Crippen molar-refractivity contribution in [2.75, 3.05) is 6.54 Å². The summed E-state index contributed by atoms with van der Waals surface area (Å²) in [5.41, 5.74) is 4.52. The van der Waals surface area contributed by atoms with E-state index in [-0.39, 0.29) is 5.41 Å². The molecular weight excluding hydrogens is 170 g/mol. The second kappa shape index (κ2) is 3.23. The fourth-order valence-electron chi connectivity index (χ4n) is 2.05. The number of nitrogens with zero attached hydrogens (tertiary/aromatic N) is 1. The van der Waals surface area contributed by atoms with Crippen LogP contribution in [0.25, 0.3) is 0 Å². The van der Waals surface area contributed by atoms with Crippen molar-refractivity contribution < 1.29 is 0 Å². The Morgan fingerprint density at radius 2 is 2.00 bits per heavy atom. The molecule has 0 fully saturated rings. The van der Waals surface area contributed by atoms with Gasteiger partial charge in [-0.05, 0) is 28.5 Å². The van der Waals surface area contributed by atoms with Gasteiger partial charge in [0.2, 0.25) is 0 Å². The molecule has 0 unspecified atom stereocenters. The van der Waals surface area contributed by atoms with E-state index in [0.29, 0.717) is 0 Å². The summed E-state index contributed by atoms with van der Waals surface area (Å²) in [5.74, 6) is 0. The van der Waals surface area contributed by atoms with Crippen molar-refractivity contribution in [3.63, 3.8) is 0 Å². The molecule has 0 bridgehead atoms. The smallest absolute Gasteiger partial charge is 0.0430 e. The Balaban J connectivity index is 2.57. The Hall–Kier alpha value is -1.11. The zero-order chi connectivity index (χ0) is 10.2. The van der Waals surface area contributed by atoms with Crippen LogP contribution in [-0.2, 0) is 11.8 Å². The lowest BCUT2D eigenvalue weighted by Gasteiger charge is -2.25. The lowest BCUT2D eigenvalue weighted by Crippen LogP contribution is -2.17. The van der Waals surface area contributed by atoms with Gasteiger partial charge in [-0.1, -0.05) is 39.0 Å². The average molecular weight is 187 g/mol. The molecule has 0 N–H and O–H groups in total. The standard InChI is InChI=1S/C13H17N/c1-13(2,3)12-6-4-5-10-9-14-8-7-11(10)12/h4-6,9H,7-8H2,1-3H3. The monoisotopic (exact) mass is 187 g/mol. The number of rotatable bonds is 0. The minimum absolute atomic E-state index is 0.247. The number of benzene rings is 1. The Morgan fingerprint density at radius 1 is 1.21 bits per heavy atom. The molecule has 74 valence electrons. The molecule has 0 saturated carbocycles. The maximum Gasteiger partial charge on any atom is 0.0430 e. The van der Waals surface area contributed by atoms with E-state index < -0.39 is 0 Å². The molecule has 1 heterocycles. The van der Waals surface area contributed by atoms with Gasteiger partial charge < -0.3 is 0 Å². The van der Waals surface area contributed by atoms with Crippen molar-refractivity contribution >= 4 is 6.21 Å². The largest absolute Gasteiger partial charge is 0.292 e. The first-order valence-corrected chi connectivity index (χ1v) is 5.21. The lowest BCUT2D eigenvalue weighted by atomic mass is 9.81. The number of fused-ring (bicyclic) bond motifs is 1. The SMILES string of the molecule is CC(C)(C)c1cccc2c1CCN=C2. The third-order valence-corrected chi connectivity index (χ3v) is 2.74. The van der Waals surface area contributed by atoms with Gasteiger partial charge in [0.05, 0.1) is 0 Å². The van der Waals surface area contributed by atoms with Gasteiger partial charge in [-0.25, -0.2) is 0 Å². The van der Waals surface area contributed by atoms with E-state index in [1.165, 1.54) is 16.7 Å². The van der Waals surface area contributed by atoms with Gasteiger partial charge in [-0.3, -0.25) is 4.99 Å². The Morgan fingerprint density at radius 3 is 2.71 bits per heavy atom. The molecule has 0 saturated heterocycles. The molecule has 0 aromatic heterocycles. The molecule has 0 atom stereocenters. The summed E-state index contributed by atoms with van der Waals surface area (Å²) in [7, 11) is 0. The van der Waals surface area contributed by atoms with Crippen molar-refractivity contribution in [3.05, 3.63) is 34.9 Å². The third-order valence-electron chi connectivity index (χ3n) is 2.74. The van der Waals surface area contributed by atoms with Gasteiger partial charge >= 0.3 is 0 Å². The predicted octanol–water partition coefficient (Wildman–Crippen LogP) is 2.96. The fourth-order valence-corrected chi connectivity index (χ4v) is 2.05. The van der Waals surface area contributed by atoms with E-state index in [0.717, 1.165) is 13.0 Å². The Bertz CT molecular complexity index is 369. The van der Waals surface area contributed by atoms with Gasteiger partial charge in [0, 0.05) is 12.8 Å². The van der Waals surface area contributed by atoms with E-state index in [2.05, 4.69) is 44.0 Å². The minimum atomic E-state index is 0.247. The second-order valence-electron chi connectivity index (χ2n) is 4.91. The van der Waals surface area contributed by atoms with Crippen molar-refractivity contribution in [2.45, 2.75) is 32.6 Å². The van der Waals surface area contributed by atoms with Crippen molar-refractivity contribution in [2.24, 2.45) is 4.99 Å². The zero-order valence-corrected chi connectivity index (χ0v) is 9.17. The molecule has 14 heavy (non-hydrogen) atoms. The van der Waals surface area contributed by atoms with Gasteiger partial charge in [0.1, 0.15) is 0 Å². The van der Waals surface area contributed by atoms with Crippen LogP contribution in [0.3, 0.4) is 0 Å². The van der Waals surface area contributed by atoms with Crippen LogP contribution in [0.5, 0.6) is 0 Å². The predicted molar refractivity (Wildman–Crippen MR) is 61.3 cm³/mol. The Labute approximate surface area is 85.9 Å². The van der Waals surface area contributed by atoms with Crippen LogP contribution in [-0.4, -0.2) is 12.8 Å². The van der Waals surface area contributed by atoms with Crippen LogP contribution in [0.15, 0.2) is 23.2 Å². The molecule has 0 spiro atoms. The van der Waals surface area contributed by atoms with Crippen LogP contribution in [0.4, 0.5) is 0 Å². The van der Waals surface area contributed by atoms with Crippen molar-refractivity contribution in [3.8, 4) is 0 Å². The van der Waals surface area contributed by atoms with Gasteiger partial charge in [-0.2, -0.15) is 0 Å². The molecule has 1 aromatic carbocycles. The highest BCUT2D eigenvalue weighted by atomic mass is 14.7. The van der Waals surface area contributed by atoms with E-state index in [1.54, 1.807) is 0 Å². The highest BCUT2D eigenvalue weighted by Gasteiger charge is 2.19. The molecule has 1 nitrogen and oxygen atoms in total. The number of hydrogen-bond donors (Lipinski definition) is 0. The first kappa shape index (κ1) is 9.45. The summed E-state index contributed by atoms with van der Waals surface area (Å²) in [6.07, 6.45) is 3.10. The number of aliphatic imine (C=N–C) groups is 1. The lowest BCUT2D eigenvalue weighted by molar-refractivity contribution is 0.581. The van der Waals surface area contributed by atoms with Crippen molar-refractivity contribution in [1.82, 2.24) is 0 Å². The van der Waals surface area contributed by atoms with Crippen LogP contribution >= 0.6 is 0 Å². The topological polar surface area (TPSA) is 12.4 Å². The van der Waals surface area contributed by atoms with Gasteiger partial charge in [0.25, 0.3) is 0 Å². The molecule has 2 rings (SSSR count). The summed E-state index contributed by atoms with van der Waals surface area (Å²) in [6, 6.07) is 6.54. The first-order valence-electron chi connectivity index (χ1n) is 5.21. The van der Waals surface area contributed by atoms with Gasteiger partial charge in [-0.15, -0.1) is 0 Å².